The maximum Gasteiger partial charge on any atom is 0.150 e. The van der Waals surface area contributed by atoms with Gasteiger partial charge < -0.3 is 4.55 Å². The Hall–Kier alpha value is -1.20. The molecule has 1 unspecified atom stereocenters. The Morgan fingerprint density at radius 1 is 1.41 bits per heavy atom. The first-order valence-electron chi connectivity index (χ1n) is 5.05. The number of carbonyl (C=O) groups excluding carboxylic acids is 1. The molecule has 1 aromatic rings. The van der Waals surface area contributed by atoms with Crippen LogP contribution >= 0.6 is 0 Å². The van der Waals surface area contributed by atoms with Gasteiger partial charge >= 0.3 is 0 Å². The molecule has 0 aliphatic carbocycles. The molecule has 0 saturated carbocycles. The summed E-state index contributed by atoms with van der Waals surface area (Å²) < 4.78 is 28.3. The van der Waals surface area contributed by atoms with Crippen LogP contribution in [0.15, 0.2) is 22.6 Å². The van der Waals surface area contributed by atoms with E-state index in [1.807, 2.05) is 0 Å². The quantitative estimate of drug-likeness (QED) is 0.473. The third kappa shape index (κ3) is 3.94. The lowest BCUT2D eigenvalue weighted by atomic mass is 10.1. The van der Waals surface area contributed by atoms with Crippen molar-refractivity contribution in [3.05, 3.63) is 35.1 Å². The predicted octanol–water partition coefficient (Wildman–Crippen LogP) is 2.52. The normalized spacial score (nSPS) is 13.9. The summed E-state index contributed by atoms with van der Waals surface area (Å²) in [5.41, 5.74) is 0.515. The van der Waals surface area contributed by atoms with Gasteiger partial charge in [0, 0.05) is 11.1 Å². The lowest BCUT2D eigenvalue weighted by molar-refractivity contribution is 0.112. The average molecular weight is 255 g/mol. The number of carbonyl (C=O) groups is 1. The molecule has 0 aliphatic rings. The second-order valence-electron chi connectivity index (χ2n) is 4.49. The standard InChI is InChI=1S/C12H14FNO2S/c1-12(2,3)17(16)14-7-10-6-9(8-15)4-5-11(10)13/h4-8H,1-3H3. The van der Waals surface area contributed by atoms with Crippen LogP contribution in [0.25, 0.3) is 0 Å². The minimum absolute atomic E-state index is 0.159. The number of nitrogens with zero attached hydrogens (tertiary/aromatic N) is 1. The molecule has 0 aliphatic heterocycles. The van der Waals surface area contributed by atoms with Crippen LogP contribution < -0.4 is 0 Å². The number of aldehydes is 1. The summed E-state index contributed by atoms with van der Waals surface area (Å²) in [5, 5.41) is 0. The maximum absolute atomic E-state index is 13.3. The summed E-state index contributed by atoms with van der Waals surface area (Å²) in [5.74, 6) is -0.495. The highest BCUT2D eigenvalue weighted by atomic mass is 32.2. The Kier molecular flexibility index (Phi) is 4.42. The minimum Gasteiger partial charge on any atom is -0.591 e. The maximum atomic E-state index is 13.3. The molecule has 0 fully saturated rings. The first kappa shape index (κ1) is 13.9. The molecular weight excluding hydrogens is 241 g/mol. The topological polar surface area (TPSA) is 52.5 Å². The van der Waals surface area contributed by atoms with Crippen molar-refractivity contribution in [1.82, 2.24) is 0 Å². The molecule has 0 heterocycles. The second kappa shape index (κ2) is 5.42. The molecule has 17 heavy (non-hydrogen) atoms. The summed E-state index contributed by atoms with van der Waals surface area (Å²) in [4.78, 5) is 10.5. The summed E-state index contributed by atoms with van der Waals surface area (Å²) in [6.07, 6.45) is 1.82. The number of hydrogen-bond acceptors (Lipinski definition) is 3. The highest BCUT2D eigenvalue weighted by Gasteiger charge is 2.25. The fourth-order valence-corrected chi connectivity index (χ4v) is 1.52. The van der Waals surface area contributed by atoms with Gasteiger partial charge in [-0.15, -0.1) is 0 Å². The van der Waals surface area contributed by atoms with Gasteiger partial charge in [-0.05, 0) is 39.0 Å². The molecule has 0 radical (unpaired) electrons. The smallest absolute Gasteiger partial charge is 0.150 e. The Balaban J connectivity index is 2.95. The van der Waals surface area contributed by atoms with E-state index in [0.717, 1.165) is 0 Å². The van der Waals surface area contributed by atoms with Crippen molar-refractivity contribution in [3.63, 3.8) is 0 Å². The largest absolute Gasteiger partial charge is 0.591 e. The van der Waals surface area contributed by atoms with Crippen molar-refractivity contribution in [2.24, 2.45) is 4.40 Å². The highest BCUT2D eigenvalue weighted by molar-refractivity contribution is 7.91. The Morgan fingerprint density at radius 2 is 2.06 bits per heavy atom. The van der Waals surface area contributed by atoms with Gasteiger partial charge in [0.25, 0.3) is 0 Å². The van der Waals surface area contributed by atoms with Crippen molar-refractivity contribution in [3.8, 4) is 0 Å². The van der Waals surface area contributed by atoms with E-state index in [1.165, 1.54) is 24.4 Å². The lowest BCUT2D eigenvalue weighted by Crippen LogP contribution is -2.25. The zero-order chi connectivity index (χ0) is 13.1. The lowest BCUT2D eigenvalue weighted by Gasteiger charge is -2.17. The van der Waals surface area contributed by atoms with E-state index in [1.54, 1.807) is 20.8 Å². The molecule has 0 spiro atoms. The molecule has 1 atom stereocenters. The molecule has 0 aromatic heterocycles. The van der Waals surface area contributed by atoms with E-state index in [9.17, 15) is 13.7 Å². The van der Waals surface area contributed by atoms with Gasteiger partial charge in [0.05, 0.1) is 6.21 Å². The van der Waals surface area contributed by atoms with Crippen LogP contribution in [0.5, 0.6) is 0 Å². The van der Waals surface area contributed by atoms with Gasteiger partial charge in [-0.3, -0.25) is 4.79 Å². The second-order valence-corrected chi connectivity index (χ2v) is 6.43. The Labute approximate surface area is 103 Å². The minimum atomic E-state index is -1.44. The van der Waals surface area contributed by atoms with Gasteiger partial charge in [0.1, 0.15) is 28.2 Å². The van der Waals surface area contributed by atoms with Crippen LogP contribution in [0.4, 0.5) is 4.39 Å². The van der Waals surface area contributed by atoms with Crippen molar-refractivity contribution >= 4 is 23.9 Å². The average Bonchev–Trinajstić information content (AvgIpc) is 2.26. The van der Waals surface area contributed by atoms with E-state index in [4.69, 9.17) is 0 Å². The van der Waals surface area contributed by atoms with Crippen LogP contribution in [0.3, 0.4) is 0 Å². The van der Waals surface area contributed by atoms with Crippen LogP contribution in [-0.4, -0.2) is 21.8 Å². The predicted molar refractivity (Wildman–Crippen MR) is 67.3 cm³/mol. The molecule has 3 nitrogen and oxygen atoms in total. The van der Waals surface area contributed by atoms with Crippen molar-refractivity contribution in [2.75, 3.05) is 0 Å². The molecule has 92 valence electrons. The monoisotopic (exact) mass is 255 g/mol. The van der Waals surface area contributed by atoms with Crippen LogP contribution in [0.2, 0.25) is 0 Å². The summed E-state index contributed by atoms with van der Waals surface area (Å²) in [6, 6.07) is 3.93. The van der Waals surface area contributed by atoms with E-state index < -0.39 is 21.9 Å². The SMILES string of the molecule is CC(C)(C)[S+]([O-])N=Cc1cc(C=O)ccc1F. The molecular formula is C12H14FNO2S. The summed E-state index contributed by atoms with van der Waals surface area (Å²) in [6.45, 7) is 5.33. The van der Waals surface area contributed by atoms with Crippen molar-refractivity contribution in [1.29, 1.82) is 0 Å². The van der Waals surface area contributed by atoms with Crippen LogP contribution in [0, 0.1) is 5.82 Å². The molecule has 0 N–H and O–H groups in total. The zero-order valence-electron chi connectivity index (χ0n) is 9.94. The molecule has 0 amide bonds. The zero-order valence-corrected chi connectivity index (χ0v) is 10.8. The number of hydrogen-bond donors (Lipinski definition) is 0. The van der Waals surface area contributed by atoms with E-state index in [-0.39, 0.29) is 5.56 Å². The van der Waals surface area contributed by atoms with Crippen LogP contribution in [-0.2, 0) is 11.4 Å². The Bertz CT molecular complexity index is 441. The first-order valence-corrected chi connectivity index (χ1v) is 6.16. The third-order valence-corrected chi connectivity index (χ3v) is 3.31. The highest BCUT2D eigenvalue weighted by Crippen LogP contribution is 2.17. The summed E-state index contributed by atoms with van der Waals surface area (Å²) >= 11 is -1.44. The van der Waals surface area contributed by atoms with E-state index in [0.29, 0.717) is 11.8 Å². The third-order valence-electron chi connectivity index (χ3n) is 1.97. The molecule has 0 bridgehead atoms. The summed E-state index contributed by atoms with van der Waals surface area (Å²) in [7, 11) is 0. The number of benzene rings is 1. The fourth-order valence-electron chi connectivity index (χ4n) is 0.997. The molecule has 0 saturated heterocycles. The molecule has 1 aromatic carbocycles. The van der Waals surface area contributed by atoms with Gasteiger partial charge in [0.15, 0.2) is 0 Å². The first-order chi connectivity index (χ1) is 7.84. The number of halogens is 1. The fraction of sp³-hybridized carbons (Fsp3) is 0.333. The van der Waals surface area contributed by atoms with Gasteiger partial charge in [-0.2, -0.15) is 0 Å². The molecule has 1 rings (SSSR count). The molecule has 5 heteroatoms. The Morgan fingerprint density at radius 3 is 2.59 bits per heavy atom. The van der Waals surface area contributed by atoms with Gasteiger partial charge in [0.2, 0.25) is 0 Å². The van der Waals surface area contributed by atoms with E-state index >= 15 is 0 Å². The number of rotatable bonds is 3. The van der Waals surface area contributed by atoms with E-state index in [2.05, 4.69) is 4.40 Å². The van der Waals surface area contributed by atoms with Gasteiger partial charge in [-0.1, -0.05) is 4.40 Å². The van der Waals surface area contributed by atoms with Crippen LogP contribution in [0.1, 0.15) is 36.7 Å². The van der Waals surface area contributed by atoms with Gasteiger partial charge in [-0.25, -0.2) is 4.39 Å². The van der Waals surface area contributed by atoms with Crippen molar-refractivity contribution in [2.45, 2.75) is 25.5 Å². The van der Waals surface area contributed by atoms with Crippen molar-refractivity contribution < 1.29 is 13.7 Å².